The average molecular weight is 312 g/mol. The maximum Gasteiger partial charge on any atom is 0.346 e. The van der Waals surface area contributed by atoms with Gasteiger partial charge in [-0.15, -0.1) is 11.3 Å². The fourth-order valence-corrected chi connectivity index (χ4v) is 3.99. The summed E-state index contributed by atoms with van der Waals surface area (Å²) in [5.41, 5.74) is 1.16. The molecule has 0 aliphatic carbocycles. The quantitative estimate of drug-likeness (QED) is 0.874. The van der Waals surface area contributed by atoms with Crippen molar-refractivity contribution >= 4 is 27.3 Å². The molecule has 0 bridgehead atoms. The van der Waals surface area contributed by atoms with Crippen LogP contribution in [0.5, 0.6) is 0 Å². The third-order valence-corrected chi connectivity index (χ3v) is 5.64. The molecule has 0 saturated carbocycles. The summed E-state index contributed by atoms with van der Waals surface area (Å²) in [5, 5.41) is 8.94. The molecule has 2 heterocycles. The minimum atomic E-state index is -3.72. The number of carboxylic acids is 1. The molecule has 8 heteroatoms. The van der Waals surface area contributed by atoms with Crippen LogP contribution < -0.4 is 4.72 Å². The van der Waals surface area contributed by atoms with Crippen molar-refractivity contribution in [3.8, 4) is 0 Å². The van der Waals surface area contributed by atoms with E-state index in [4.69, 9.17) is 5.11 Å². The highest BCUT2D eigenvalue weighted by Gasteiger charge is 2.21. The van der Waals surface area contributed by atoms with Crippen LogP contribution in [0.25, 0.3) is 0 Å². The lowest BCUT2D eigenvalue weighted by Crippen LogP contribution is -2.22. The second kappa shape index (κ2) is 5.70. The number of hydrogen-bond acceptors (Lipinski definition) is 5. The third-order valence-electron chi connectivity index (χ3n) is 2.54. The molecule has 106 valence electrons. The summed E-state index contributed by atoms with van der Waals surface area (Å²) in [7, 11) is -3.72. The van der Waals surface area contributed by atoms with Crippen molar-refractivity contribution in [2.75, 3.05) is 0 Å². The number of nitrogens with zero attached hydrogens (tertiary/aromatic N) is 1. The third kappa shape index (κ3) is 3.21. The number of carboxylic acid groups (broad SMARTS) is 1. The van der Waals surface area contributed by atoms with E-state index in [-0.39, 0.29) is 15.6 Å². The number of aromatic carboxylic acids is 1. The molecule has 0 fully saturated rings. The minimum Gasteiger partial charge on any atom is -0.477 e. The highest BCUT2D eigenvalue weighted by Crippen LogP contribution is 2.25. The largest absolute Gasteiger partial charge is 0.477 e. The average Bonchev–Trinajstić information content (AvgIpc) is 2.81. The highest BCUT2D eigenvalue weighted by molar-refractivity contribution is 7.91. The molecule has 0 amide bonds. The van der Waals surface area contributed by atoms with Gasteiger partial charge < -0.3 is 5.11 Å². The number of aromatic nitrogens is 1. The Morgan fingerprint density at radius 3 is 2.80 bits per heavy atom. The van der Waals surface area contributed by atoms with Gasteiger partial charge in [-0.3, -0.25) is 4.98 Å². The van der Waals surface area contributed by atoms with Gasteiger partial charge in [-0.25, -0.2) is 17.9 Å². The van der Waals surface area contributed by atoms with Crippen LogP contribution in [0.2, 0.25) is 0 Å². The van der Waals surface area contributed by atoms with Crippen molar-refractivity contribution in [3.05, 3.63) is 46.6 Å². The first-order chi connectivity index (χ1) is 9.40. The van der Waals surface area contributed by atoms with Gasteiger partial charge in [0.25, 0.3) is 0 Å². The Hall–Kier alpha value is -1.77. The van der Waals surface area contributed by atoms with E-state index in [2.05, 4.69) is 9.71 Å². The summed E-state index contributed by atoms with van der Waals surface area (Å²) in [5.74, 6) is -1.12. The van der Waals surface area contributed by atoms with Gasteiger partial charge in [0.2, 0.25) is 10.0 Å². The predicted octanol–water partition coefficient (Wildman–Crippen LogP) is 1.63. The Morgan fingerprint density at radius 2 is 2.25 bits per heavy atom. The van der Waals surface area contributed by atoms with Crippen molar-refractivity contribution in [1.29, 1.82) is 0 Å². The molecule has 20 heavy (non-hydrogen) atoms. The van der Waals surface area contributed by atoms with Gasteiger partial charge in [0.1, 0.15) is 9.09 Å². The van der Waals surface area contributed by atoms with E-state index < -0.39 is 16.0 Å². The van der Waals surface area contributed by atoms with Crippen molar-refractivity contribution in [1.82, 2.24) is 9.71 Å². The van der Waals surface area contributed by atoms with Crippen LogP contribution in [0.1, 0.15) is 20.8 Å². The van der Waals surface area contributed by atoms with Crippen LogP contribution in [0, 0.1) is 6.92 Å². The number of carbonyl (C=O) groups is 1. The second-order valence-electron chi connectivity index (χ2n) is 4.07. The van der Waals surface area contributed by atoms with Crippen molar-refractivity contribution in [2.24, 2.45) is 0 Å². The molecule has 0 aliphatic rings. The fraction of sp³-hybridized carbons (Fsp3) is 0.167. The molecule has 0 radical (unpaired) electrons. The molecule has 2 rings (SSSR count). The highest BCUT2D eigenvalue weighted by atomic mass is 32.2. The van der Waals surface area contributed by atoms with Gasteiger partial charge in [-0.1, -0.05) is 6.07 Å². The van der Waals surface area contributed by atoms with Gasteiger partial charge in [0, 0.05) is 18.9 Å². The summed E-state index contributed by atoms with van der Waals surface area (Å²) >= 11 is 0.744. The van der Waals surface area contributed by atoms with Crippen molar-refractivity contribution in [2.45, 2.75) is 17.7 Å². The molecule has 6 nitrogen and oxygen atoms in total. The molecular weight excluding hydrogens is 300 g/mol. The Kier molecular flexibility index (Phi) is 4.17. The van der Waals surface area contributed by atoms with E-state index in [9.17, 15) is 13.2 Å². The number of hydrogen-bond donors (Lipinski definition) is 2. The zero-order valence-electron chi connectivity index (χ0n) is 10.5. The molecule has 2 aromatic heterocycles. The normalized spacial score (nSPS) is 11.4. The maximum atomic E-state index is 12.1. The van der Waals surface area contributed by atoms with Crippen LogP contribution in [0.4, 0.5) is 0 Å². The van der Waals surface area contributed by atoms with Crippen LogP contribution in [0.15, 0.2) is 34.8 Å². The van der Waals surface area contributed by atoms with Crippen LogP contribution >= 0.6 is 11.3 Å². The topological polar surface area (TPSA) is 96.4 Å². The first-order valence-corrected chi connectivity index (χ1v) is 7.92. The number of aryl methyl sites for hydroxylation is 1. The van der Waals surface area contributed by atoms with Crippen LogP contribution in [-0.2, 0) is 16.6 Å². The first-order valence-electron chi connectivity index (χ1n) is 5.62. The summed E-state index contributed by atoms with van der Waals surface area (Å²) in [6.07, 6.45) is 3.16. The number of nitrogens with one attached hydrogen (secondary N) is 1. The molecule has 0 aliphatic heterocycles. The van der Waals surface area contributed by atoms with Crippen LogP contribution in [0.3, 0.4) is 0 Å². The van der Waals surface area contributed by atoms with E-state index >= 15 is 0 Å². The lowest BCUT2D eigenvalue weighted by molar-refractivity contribution is 0.0701. The fourth-order valence-electron chi connectivity index (χ4n) is 1.55. The molecule has 2 N–H and O–H groups in total. The standard InChI is InChI=1S/C12H12N2O4S2/c1-8-5-10(19-11(8)12(15)16)20(17,18)14-7-9-3-2-4-13-6-9/h2-6,14H,7H2,1H3,(H,15,16). The van der Waals surface area contributed by atoms with E-state index in [1.807, 2.05) is 0 Å². The first kappa shape index (κ1) is 14.6. The second-order valence-corrected chi connectivity index (χ2v) is 7.11. The smallest absolute Gasteiger partial charge is 0.346 e. The summed E-state index contributed by atoms with van der Waals surface area (Å²) < 4.78 is 26.6. The number of pyridine rings is 1. The number of thiophene rings is 1. The molecule has 0 saturated heterocycles. The zero-order chi connectivity index (χ0) is 14.8. The Morgan fingerprint density at radius 1 is 1.50 bits per heavy atom. The molecule has 0 atom stereocenters. The molecule has 0 aromatic carbocycles. The molecule has 0 spiro atoms. The van der Waals surface area contributed by atoms with E-state index in [0.29, 0.717) is 5.56 Å². The maximum absolute atomic E-state index is 12.1. The lowest BCUT2D eigenvalue weighted by Gasteiger charge is -2.04. The number of rotatable bonds is 5. The summed E-state index contributed by atoms with van der Waals surface area (Å²) in [6, 6.07) is 4.82. The molecule has 0 unspecified atom stereocenters. The van der Waals surface area contributed by atoms with Gasteiger partial charge >= 0.3 is 5.97 Å². The monoisotopic (exact) mass is 312 g/mol. The summed E-state index contributed by atoms with van der Waals surface area (Å²) in [4.78, 5) is 14.9. The van der Waals surface area contributed by atoms with Gasteiger partial charge in [-0.05, 0) is 30.2 Å². The molecule has 2 aromatic rings. The predicted molar refractivity (Wildman–Crippen MR) is 74.3 cm³/mol. The SMILES string of the molecule is Cc1cc(S(=O)(=O)NCc2cccnc2)sc1C(=O)O. The van der Waals surface area contributed by atoms with E-state index in [0.717, 1.165) is 16.9 Å². The lowest BCUT2D eigenvalue weighted by atomic mass is 10.3. The van der Waals surface area contributed by atoms with Crippen molar-refractivity contribution in [3.63, 3.8) is 0 Å². The number of sulfonamides is 1. The van der Waals surface area contributed by atoms with Gasteiger partial charge in [0.15, 0.2) is 0 Å². The summed E-state index contributed by atoms with van der Waals surface area (Å²) in [6.45, 7) is 1.68. The van der Waals surface area contributed by atoms with E-state index in [1.165, 1.54) is 6.07 Å². The molecular formula is C12H12N2O4S2. The Labute approximate surface area is 120 Å². The Bertz CT molecular complexity index is 723. The Balaban J connectivity index is 2.18. The van der Waals surface area contributed by atoms with Crippen molar-refractivity contribution < 1.29 is 18.3 Å². The van der Waals surface area contributed by atoms with Gasteiger partial charge in [0.05, 0.1) is 0 Å². The van der Waals surface area contributed by atoms with Crippen LogP contribution in [-0.4, -0.2) is 24.5 Å². The zero-order valence-corrected chi connectivity index (χ0v) is 12.2. The minimum absolute atomic E-state index is 0.00343. The van der Waals surface area contributed by atoms with E-state index in [1.54, 1.807) is 31.5 Å². The van der Waals surface area contributed by atoms with Gasteiger partial charge in [-0.2, -0.15) is 0 Å².